The molecule has 3 nitrogen and oxygen atoms in total. The van der Waals surface area contributed by atoms with Gasteiger partial charge in [0.2, 0.25) is 0 Å². The molecule has 4 heteroatoms. The van der Waals surface area contributed by atoms with Crippen molar-refractivity contribution in [2.75, 3.05) is 11.9 Å². The number of nitrogens with zero attached hydrogens (tertiary/aromatic N) is 2. The fourth-order valence-electron chi connectivity index (χ4n) is 1.24. The van der Waals surface area contributed by atoms with Crippen LogP contribution in [0.2, 0.25) is 5.02 Å². The Kier molecular flexibility index (Phi) is 3.14. The van der Waals surface area contributed by atoms with Crippen LogP contribution in [0.5, 0.6) is 0 Å². The van der Waals surface area contributed by atoms with E-state index in [1.54, 1.807) is 19.1 Å². The molecule has 0 N–H and O–H groups in total. The molecule has 0 aliphatic rings. The van der Waals surface area contributed by atoms with Gasteiger partial charge in [-0.15, -0.1) is 0 Å². The van der Waals surface area contributed by atoms with Gasteiger partial charge in [0.05, 0.1) is 17.6 Å². The third kappa shape index (κ3) is 2.53. The third-order valence-corrected chi connectivity index (χ3v) is 2.71. The Morgan fingerprint density at radius 1 is 1.33 bits per heavy atom. The number of rotatable bonds is 1. The molecule has 0 amide bonds. The summed E-state index contributed by atoms with van der Waals surface area (Å²) in [5, 5.41) is 12.4. The first-order valence-electron chi connectivity index (χ1n) is 4.87. The maximum atomic E-state index is 11.8. The first-order chi connectivity index (χ1) is 6.73. The predicted molar refractivity (Wildman–Crippen MR) is 63.3 cm³/mol. The smallest absolute Gasteiger partial charge is 0.281 e. The van der Waals surface area contributed by atoms with Gasteiger partial charge in [-0.3, -0.25) is 4.90 Å². The van der Waals surface area contributed by atoms with Gasteiger partial charge < -0.3 is 5.21 Å². The Hall–Kier alpha value is -0.960. The van der Waals surface area contributed by atoms with Crippen molar-refractivity contribution in [3.63, 3.8) is 0 Å². The van der Waals surface area contributed by atoms with Crippen LogP contribution < -0.4 is 9.63 Å². The first-order valence-corrected chi connectivity index (χ1v) is 5.25. The van der Waals surface area contributed by atoms with Crippen molar-refractivity contribution in [1.82, 2.24) is 0 Å². The fraction of sp³-hybridized carbons (Fsp3) is 0.545. The van der Waals surface area contributed by atoms with Crippen LogP contribution in [0.1, 0.15) is 26.5 Å². The molecule has 1 aromatic heterocycles. The SMILES string of the molecule is Cc1cc(Cl)cc(N(C)C(C)(C)C)[n+]1[O-]. The lowest BCUT2D eigenvalue weighted by Crippen LogP contribution is -2.46. The van der Waals surface area contributed by atoms with Gasteiger partial charge >= 0.3 is 0 Å². The summed E-state index contributed by atoms with van der Waals surface area (Å²) < 4.78 is 0.900. The molecule has 1 heterocycles. The van der Waals surface area contributed by atoms with Crippen molar-refractivity contribution in [3.05, 3.63) is 28.1 Å². The number of halogens is 1. The number of hydrogen-bond acceptors (Lipinski definition) is 2. The Morgan fingerprint density at radius 3 is 2.33 bits per heavy atom. The second kappa shape index (κ2) is 3.89. The van der Waals surface area contributed by atoms with E-state index in [4.69, 9.17) is 11.6 Å². The zero-order valence-electron chi connectivity index (χ0n) is 9.84. The van der Waals surface area contributed by atoms with Crippen LogP contribution in [0.4, 0.5) is 5.82 Å². The molecule has 0 radical (unpaired) electrons. The van der Waals surface area contributed by atoms with Gasteiger partial charge in [0, 0.05) is 6.07 Å². The Bertz CT molecular complexity index is 372. The average molecular weight is 229 g/mol. The lowest BCUT2D eigenvalue weighted by Gasteiger charge is -2.29. The zero-order valence-corrected chi connectivity index (χ0v) is 10.6. The van der Waals surface area contributed by atoms with Gasteiger partial charge in [-0.25, -0.2) is 4.73 Å². The quantitative estimate of drug-likeness (QED) is 0.546. The van der Waals surface area contributed by atoms with Gasteiger partial charge in [0.25, 0.3) is 5.82 Å². The fourth-order valence-corrected chi connectivity index (χ4v) is 1.49. The molecule has 1 aromatic rings. The lowest BCUT2D eigenvalue weighted by molar-refractivity contribution is -0.599. The van der Waals surface area contributed by atoms with Crippen LogP contribution in [0.3, 0.4) is 0 Å². The molecule has 1 rings (SSSR count). The average Bonchev–Trinajstić information content (AvgIpc) is 2.08. The highest BCUT2D eigenvalue weighted by atomic mass is 35.5. The van der Waals surface area contributed by atoms with E-state index in [2.05, 4.69) is 0 Å². The van der Waals surface area contributed by atoms with Crippen LogP contribution in [0.15, 0.2) is 12.1 Å². The molecule has 0 unspecified atom stereocenters. The van der Waals surface area contributed by atoms with Gasteiger partial charge in [-0.2, -0.15) is 0 Å². The summed E-state index contributed by atoms with van der Waals surface area (Å²) in [5.41, 5.74) is 0.497. The lowest BCUT2D eigenvalue weighted by atomic mass is 10.1. The van der Waals surface area contributed by atoms with Crippen LogP contribution in [-0.2, 0) is 0 Å². The Balaban J connectivity index is 3.25. The summed E-state index contributed by atoms with van der Waals surface area (Å²) in [6, 6.07) is 3.35. The minimum Gasteiger partial charge on any atom is -0.710 e. The second-order valence-electron chi connectivity index (χ2n) is 4.70. The van der Waals surface area contributed by atoms with Crippen molar-refractivity contribution in [2.24, 2.45) is 0 Å². The highest BCUT2D eigenvalue weighted by molar-refractivity contribution is 6.30. The Morgan fingerprint density at radius 2 is 1.87 bits per heavy atom. The van der Waals surface area contributed by atoms with E-state index in [9.17, 15) is 5.21 Å². The minimum absolute atomic E-state index is 0.108. The number of anilines is 1. The summed E-state index contributed by atoms with van der Waals surface area (Å²) in [7, 11) is 1.89. The monoisotopic (exact) mass is 228 g/mol. The van der Waals surface area contributed by atoms with Gasteiger partial charge in [0.15, 0.2) is 0 Å². The van der Waals surface area contributed by atoms with E-state index in [1.807, 2.05) is 32.7 Å². The van der Waals surface area contributed by atoms with Crippen molar-refractivity contribution in [2.45, 2.75) is 33.2 Å². The maximum absolute atomic E-state index is 11.8. The third-order valence-electron chi connectivity index (χ3n) is 2.49. The van der Waals surface area contributed by atoms with Crippen LogP contribution >= 0.6 is 11.6 Å². The number of aromatic nitrogens is 1. The largest absolute Gasteiger partial charge is 0.710 e. The molecule has 0 aliphatic carbocycles. The summed E-state index contributed by atoms with van der Waals surface area (Å²) >= 11 is 5.94. The van der Waals surface area contributed by atoms with E-state index < -0.39 is 0 Å². The van der Waals surface area contributed by atoms with Crippen molar-refractivity contribution in [3.8, 4) is 0 Å². The minimum atomic E-state index is -0.108. The van der Waals surface area contributed by atoms with Crippen LogP contribution in [0, 0.1) is 12.1 Å². The summed E-state index contributed by atoms with van der Waals surface area (Å²) in [6.45, 7) is 7.88. The molecule has 0 fully saturated rings. The molecule has 0 saturated carbocycles. The highest BCUT2D eigenvalue weighted by Crippen LogP contribution is 2.21. The van der Waals surface area contributed by atoms with Crippen molar-refractivity contribution >= 4 is 17.4 Å². The van der Waals surface area contributed by atoms with Crippen LogP contribution in [0.25, 0.3) is 0 Å². The van der Waals surface area contributed by atoms with E-state index in [-0.39, 0.29) is 5.54 Å². The van der Waals surface area contributed by atoms with Gasteiger partial charge in [0.1, 0.15) is 5.69 Å². The maximum Gasteiger partial charge on any atom is 0.281 e. The van der Waals surface area contributed by atoms with Gasteiger partial charge in [-0.05, 0) is 33.8 Å². The number of hydrogen-bond donors (Lipinski definition) is 0. The molecule has 0 aliphatic heterocycles. The van der Waals surface area contributed by atoms with E-state index in [0.717, 1.165) is 4.73 Å². The molecule has 0 spiro atoms. The van der Waals surface area contributed by atoms with Crippen molar-refractivity contribution in [1.29, 1.82) is 0 Å². The normalized spacial score (nSPS) is 11.6. The summed E-state index contributed by atoms with van der Waals surface area (Å²) in [5.74, 6) is 0.576. The van der Waals surface area contributed by atoms with Crippen molar-refractivity contribution < 1.29 is 4.73 Å². The van der Waals surface area contributed by atoms with E-state index in [0.29, 0.717) is 16.5 Å². The second-order valence-corrected chi connectivity index (χ2v) is 5.13. The molecule has 0 bridgehead atoms. The molecular formula is C11H17ClN2O. The Labute approximate surface area is 95.9 Å². The van der Waals surface area contributed by atoms with E-state index in [1.165, 1.54) is 0 Å². The van der Waals surface area contributed by atoms with E-state index >= 15 is 0 Å². The molecule has 15 heavy (non-hydrogen) atoms. The first kappa shape index (κ1) is 12.1. The van der Waals surface area contributed by atoms with Crippen LogP contribution in [-0.4, -0.2) is 12.6 Å². The van der Waals surface area contributed by atoms with Gasteiger partial charge in [-0.1, -0.05) is 11.6 Å². The molecular weight excluding hydrogens is 212 g/mol. The molecule has 84 valence electrons. The number of aryl methyl sites for hydroxylation is 1. The predicted octanol–water partition coefficient (Wildman–Crippen LogP) is 2.52. The standard InChI is InChI=1S/C11H17ClN2O/c1-8-6-9(12)7-10(14(8)15)13(5)11(2,3)4/h6-7H,1-5H3. The molecule has 0 aromatic carbocycles. The zero-order chi connectivity index (χ0) is 11.8. The number of pyridine rings is 1. The summed E-state index contributed by atoms with van der Waals surface area (Å²) in [4.78, 5) is 1.92. The molecule has 0 saturated heterocycles. The topological polar surface area (TPSA) is 30.2 Å². The molecule has 0 atom stereocenters. The highest BCUT2D eigenvalue weighted by Gasteiger charge is 2.26. The summed E-state index contributed by atoms with van der Waals surface area (Å²) in [6.07, 6.45) is 0.